The van der Waals surface area contributed by atoms with Crippen LogP contribution in [0.1, 0.15) is 11.1 Å². The van der Waals surface area contributed by atoms with E-state index in [1.807, 2.05) is 48.3 Å². The molecule has 0 bridgehead atoms. The second-order valence-electron chi connectivity index (χ2n) is 5.85. The smallest absolute Gasteiger partial charge is 0.130 e. The number of aliphatic hydroxyl groups is 1. The lowest BCUT2D eigenvalue weighted by Gasteiger charge is -2.40. The molecular formula is C18H22N2OS. The molecule has 22 heavy (non-hydrogen) atoms. The van der Waals surface area contributed by atoms with Crippen LogP contribution in [0.2, 0.25) is 0 Å². The molecule has 1 unspecified atom stereocenters. The van der Waals surface area contributed by atoms with Crippen LogP contribution in [0.5, 0.6) is 0 Å². The molecule has 1 aliphatic heterocycles. The highest BCUT2D eigenvalue weighted by Crippen LogP contribution is 2.47. The number of nitrogens with zero attached hydrogens (tertiary/aromatic N) is 1. The summed E-state index contributed by atoms with van der Waals surface area (Å²) in [6.45, 7) is 0.690. The molecule has 3 nitrogen and oxygen atoms in total. The number of nitrogens with two attached hydrogens (primary N) is 1. The van der Waals surface area contributed by atoms with Gasteiger partial charge in [0.25, 0.3) is 0 Å². The first-order chi connectivity index (χ1) is 10.6. The summed E-state index contributed by atoms with van der Waals surface area (Å²) < 4.78 is -0.522. The van der Waals surface area contributed by atoms with Crippen molar-refractivity contribution in [2.24, 2.45) is 5.73 Å². The number of hydrogen-bond acceptors (Lipinski definition) is 4. The second-order valence-corrected chi connectivity index (χ2v) is 7.12. The summed E-state index contributed by atoms with van der Waals surface area (Å²) in [5, 5.41) is 11.1. The summed E-state index contributed by atoms with van der Waals surface area (Å²) in [5.74, 6) is 0.811. The Labute approximate surface area is 136 Å². The molecule has 1 fully saturated rings. The van der Waals surface area contributed by atoms with Crippen molar-refractivity contribution in [3.63, 3.8) is 0 Å². The van der Waals surface area contributed by atoms with E-state index >= 15 is 0 Å². The van der Waals surface area contributed by atoms with Gasteiger partial charge in [-0.2, -0.15) is 0 Å². The van der Waals surface area contributed by atoms with Crippen LogP contribution in [0, 0.1) is 0 Å². The van der Waals surface area contributed by atoms with E-state index < -0.39 is 11.0 Å². The van der Waals surface area contributed by atoms with Gasteiger partial charge in [0.2, 0.25) is 0 Å². The molecule has 0 amide bonds. The topological polar surface area (TPSA) is 49.5 Å². The third-order valence-electron chi connectivity index (χ3n) is 4.23. The predicted octanol–water partition coefficient (Wildman–Crippen LogP) is 2.25. The standard InChI is InChI=1S/C18H22N2OS/c1-20-12-16(19)13-22-18(17(20)21,14-8-4-2-5-9-14)15-10-6-3-7-11-15/h2-11,16-17,21H,12-13,19H2,1H3/t16-,17?/m1/s1. The fraction of sp³-hybridized carbons (Fsp3) is 0.333. The van der Waals surface area contributed by atoms with Crippen LogP contribution in [-0.4, -0.2) is 41.6 Å². The molecule has 3 rings (SSSR count). The third kappa shape index (κ3) is 2.68. The SMILES string of the molecule is CN1C[C@@H](N)CSC(c2ccccc2)(c2ccccc2)C1O. The maximum absolute atomic E-state index is 11.1. The molecule has 0 spiro atoms. The molecule has 1 aliphatic rings. The van der Waals surface area contributed by atoms with E-state index in [1.54, 1.807) is 11.8 Å². The molecule has 0 radical (unpaired) electrons. The summed E-state index contributed by atoms with van der Waals surface area (Å²) in [6.07, 6.45) is -0.629. The highest BCUT2D eigenvalue weighted by atomic mass is 32.2. The minimum Gasteiger partial charge on any atom is -0.376 e. The van der Waals surface area contributed by atoms with Crippen LogP contribution < -0.4 is 5.73 Å². The molecule has 2 atom stereocenters. The molecule has 2 aromatic rings. The molecule has 0 saturated carbocycles. The Hall–Kier alpha value is -1.33. The fourth-order valence-corrected chi connectivity index (χ4v) is 4.67. The largest absolute Gasteiger partial charge is 0.376 e. The maximum Gasteiger partial charge on any atom is 0.130 e. The second kappa shape index (κ2) is 6.42. The van der Waals surface area contributed by atoms with Crippen molar-refractivity contribution in [2.75, 3.05) is 19.3 Å². The Balaban J connectivity index is 2.18. The minimum absolute atomic E-state index is 0.0546. The van der Waals surface area contributed by atoms with Gasteiger partial charge in [-0.1, -0.05) is 60.7 Å². The molecule has 2 aromatic carbocycles. The minimum atomic E-state index is -0.629. The molecule has 0 aliphatic carbocycles. The van der Waals surface area contributed by atoms with Crippen LogP contribution in [0.25, 0.3) is 0 Å². The molecule has 1 saturated heterocycles. The quantitative estimate of drug-likeness (QED) is 0.893. The number of benzene rings is 2. The molecular weight excluding hydrogens is 292 g/mol. The van der Waals surface area contributed by atoms with Crippen molar-refractivity contribution in [3.8, 4) is 0 Å². The van der Waals surface area contributed by atoms with E-state index in [0.717, 1.165) is 16.9 Å². The summed E-state index contributed by atoms with van der Waals surface area (Å²) >= 11 is 1.74. The third-order valence-corrected chi connectivity index (χ3v) is 5.97. The zero-order chi connectivity index (χ0) is 15.6. The number of rotatable bonds is 2. The molecule has 4 heteroatoms. The van der Waals surface area contributed by atoms with E-state index in [0.29, 0.717) is 6.54 Å². The van der Waals surface area contributed by atoms with E-state index in [-0.39, 0.29) is 6.04 Å². The monoisotopic (exact) mass is 314 g/mol. The van der Waals surface area contributed by atoms with Crippen molar-refractivity contribution in [2.45, 2.75) is 17.0 Å². The Morgan fingerprint density at radius 2 is 1.55 bits per heavy atom. The van der Waals surface area contributed by atoms with Gasteiger partial charge >= 0.3 is 0 Å². The Bertz CT molecular complexity index is 565. The summed E-state index contributed by atoms with van der Waals surface area (Å²) in [4.78, 5) is 1.96. The van der Waals surface area contributed by atoms with Crippen molar-refractivity contribution < 1.29 is 5.11 Å². The van der Waals surface area contributed by atoms with Crippen molar-refractivity contribution in [3.05, 3.63) is 71.8 Å². The van der Waals surface area contributed by atoms with Gasteiger partial charge in [0, 0.05) is 18.3 Å². The number of thioether (sulfide) groups is 1. The van der Waals surface area contributed by atoms with Gasteiger partial charge in [0.1, 0.15) is 11.0 Å². The van der Waals surface area contributed by atoms with Gasteiger partial charge < -0.3 is 10.8 Å². The van der Waals surface area contributed by atoms with Crippen LogP contribution in [-0.2, 0) is 4.75 Å². The molecule has 0 aromatic heterocycles. The van der Waals surface area contributed by atoms with E-state index in [2.05, 4.69) is 24.3 Å². The zero-order valence-corrected chi connectivity index (χ0v) is 13.5. The lowest BCUT2D eigenvalue weighted by molar-refractivity contribution is 0.000199. The zero-order valence-electron chi connectivity index (χ0n) is 12.7. The van der Waals surface area contributed by atoms with Gasteiger partial charge in [-0.25, -0.2) is 0 Å². The van der Waals surface area contributed by atoms with Gasteiger partial charge in [-0.15, -0.1) is 11.8 Å². The lowest BCUT2D eigenvalue weighted by atomic mass is 9.88. The average molecular weight is 314 g/mol. The van der Waals surface area contributed by atoms with Gasteiger partial charge in [0.05, 0.1) is 0 Å². The van der Waals surface area contributed by atoms with E-state index in [4.69, 9.17) is 5.73 Å². The van der Waals surface area contributed by atoms with Gasteiger partial charge in [-0.05, 0) is 18.2 Å². The normalized spacial score (nSPS) is 25.6. The predicted molar refractivity (Wildman–Crippen MR) is 92.7 cm³/mol. The lowest BCUT2D eigenvalue weighted by Crippen LogP contribution is -2.48. The Morgan fingerprint density at radius 1 is 1.05 bits per heavy atom. The summed E-state index contributed by atoms with van der Waals surface area (Å²) in [7, 11) is 1.94. The van der Waals surface area contributed by atoms with Gasteiger partial charge in [-0.3, -0.25) is 4.90 Å². The maximum atomic E-state index is 11.1. The highest BCUT2D eigenvalue weighted by Gasteiger charge is 2.46. The van der Waals surface area contributed by atoms with Crippen molar-refractivity contribution in [1.82, 2.24) is 4.90 Å². The summed E-state index contributed by atoms with van der Waals surface area (Å²) in [6, 6.07) is 20.5. The number of aliphatic hydroxyl groups excluding tert-OH is 1. The molecule has 3 N–H and O–H groups in total. The number of likely N-dealkylation sites (N-methyl/N-ethyl adjacent to an activating group) is 1. The molecule has 1 heterocycles. The first-order valence-corrected chi connectivity index (χ1v) is 8.52. The Kier molecular flexibility index (Phi) is 4.54. The van der Waals surface area contributed by atoms with Crippen LogP contribution in [0.15, 0.2) is 60.7 Å². The van der Waals surface area contributed by atoms with Crippen molar-refractivity contribution in [1.29, 1.82) is 0 Å². The van der Waals surface area contributed by atoms with Crippen LogP contribution >= 0.6 is 11.8 Å². The first-order valence-electron chi connectivity index (χ1n) is 7.53. The average Bonchev–Trinajstić information content (AvgIpc) is 2.67. The number of hydrogen-bond donors (Lipinski definition) is 2. The molecule has 116 valence electrons. The van der Waals surface area contributed by atoms with Crippen LogP contribution in [0.3, 0.4) is 0 Å². The van der Waals surface area contributed by atoms with E-state index in [9.17, 15) is 5.11 Å². The van der Waals surface area contributed by atoms with E-state index in [1.165, 1.54) is 0 Å². The van der Waals surface area contributed by atoms with Crippen molar-refractivity contribution >= 4 is 11.8 Å². The summed E-state index contributed by atoms with van der Waals surface area (Å²) in [5.41, 5.74) is 8.41. The Morgan fingerprint density at radius 3 is 2.05 bits per heavy atom. The first kappa shape index (κ1) is 15.6. The fourth-order valence-electron chi connectivity index (χ4n) is 3.15. The van der Waals surface area contributed by atoms with Gasteiger partial charge in [0.15, 0.2) is 0 Å². The van der Waals surface area contributed by atoms with Crippen LogP contribution in [0.4, 0.5) is 0 Å². The highest BCUT2D eigenvalue weighted by molar-refractivity contribution is 8.00.